The summed E-state index contributed by atoms with van der Waals surface area (Å²) in [5, 5.41) is 0. The van der Waals surface area contributed by atoms with Crippen LogP contribution in [0.2, 0.25) is 0 Å². The van der Waals surface area contributed by atoms with E-state index in [1.54, 1.807) is 18.2 Å². The number of rotatable bonds is 6. The van der Waals surface area contributed by atoms with E-state index in [4.69, 9.17) is 14.2 Å². The zero-order valence-corrected chi connectivity index (χ0v) is 10.6. The normalized spacial score (nSPS) is 10.4. The van der Waals surface area contributed by atoms with Crippen molar-refractivity contribution >= 4 is 5.78 Å². The molecule has 1 rings (SSSR count). The van der Waals surface area contributed by atoms with E-state index in [0.717, 1.165) is 0 Å². The van der Waals surface area contributed by atoms with Gasteiger partial charge in [-0.3, -0.25) is 4.79 Å². The smallest absolute Gasteiger partial charge is 0.192 e. The fourth-order valence-electron chi connectivity index (χ4n) is 1.43. The van der Waals surface area contributed by atoms with E-state index in [1.807, 2.05) is 13.8 Å². The number of benzene rings is 1. The van der Waals surface area contributed by atoms with Crippen LogP contribution in [0.4, 0.5) is 0 Å². The third kappa shape index (κ3) is 3.46. The molecule has 0 amide bonds. The molecule has 0 heterocycles. The van der Waals surface area contributed by atoms with Crippen LogP contribution in [0, 0.1) is 0 Å². The number of hydrogen-bond donors (Lipinski definition) is 0. The fraction of sp³-hybridized carbons (Fsp3) is 0.462. The highest BCUT2D eigenvalue weighted by Gasteiger charge is 2.16. The molecule has 0 bridgehead atoms. The molecule has 0 aliphatic rings. The Labute approximate surface area is 101 Å². The minimum absolute atomic E-state index is 0.0237. The van der Waals surface area contributed by atoms with Crippen LogP contribution < -0.4 is 9.47 Å². The predicted molar refractivity (Wildman–Crippen MR) is 65.0 cm³/mol. The van der Waals surface area contributed by atoms with Gasteiger partial charge >= 0.3 is 0 Å². The fourth-order valence-corrected chi connectivity index (χ4v) is 1.43. The molecule has 0 aliphatic carbocycles. The van der Waals surface area contributed by atoms with Crippen LogP contribution >= 0.6 is 0 Å². The van der Waals surface area contributed by atoms with Crippen molar-refractivity contribution in [2.24, 2.45) is 0 Å². The molecule has 17 heavy (non-hydrogen) atoms. The lowest BCUT2D eigenvalue weighted by atomic mass is 10.1. The lowest BCUT2D eigenvalue weighted by Gasteiger charge is -2.12. The molecule has 1 aromatic carbocycles. The molecule has 4 nitrogen and oxygen atoms in total. The Kier molecular flexibility index (Phi) is 4.97. The molecule has 0 radical (unpaired) electrons. The van der Waals surface area contributed by atoms with Gasteiger partial charge in [0.05, 0.1) is 25.9 Å². The molecule has 0 aromatic heterocycles. The van der Waals surface area contributed by atoms with E-state index in [2.05, 4.69) is 0 Å². The van der Waals surface area contributed by atoms with Gasteiger partial charge in [-0.1, -0.05) is 6.07 Å². The van der Waals surface area contributed by atoms with E-state index >= 15 is 0 Å². The summed E-state index contributed by atoms with van der Waals surface area (Å²) in [7, 11) is 3.05. The number of hydrogen-bond acceptors (Lipinski definition) is 4. The average molecular weight is 238 g/mol. The van der Waals surface area contributed by atoms with Gasteiger partial charge in [-0.25, -0.2) is 0 Å². The van der Waals surface area contributed by atoms with E-state index in [0.29, 0.717) is 17.1 Å². The van der Waals surface area contributed by atoms with Crippen molar-refractivity contribution in [1.82, 2.24) is 0 Å². The van der Waals surface area contributed by atoms with Gasteiger partial charge in [-0.2, -0.15) is 0 Å². The number of carbonyl (C=O) groups excluding carboxylic acids is 1. The van der Waals surface area contributed by atoms with Gasteiger partial charge < -0.3 is 14.2 Å². The van der Waals surface area contributed by atoms with Crippen molar-refractivity contribution in [3.63, 3.8) is 0 Å². The Bertz CT molecular complexity index is 385. The van der Waals surface area contributed by atoms with Gasteiger partial charge in [0.15, 0.2) is 17.3 Å². The lowest BCUT2D eigenvalue weighted by molar-refractivity contribution is 0.0582. The molecular formula is C13H18O4. The summed E-state index contributed by atoms with van der Waals surface area (Å²) >= 11 is 0. The van der Waals surface area contributed by atoms with Crippen molar-refractivity contribution in [3.8, 4) is 11.5 Å². The van der Waals surface area contributed by atoms with Crippen LogP contribution in [0.25, 0.3) is 0 Å². The highest BCUT2D eigenvalue weighted by molar-refractivity contribution is 6.00. The molecule has 0 saturated heterocycles. The van der Waals surface area contributed by atoms with Gasteiger partial charge in [0.1, 0.15) is 6.61 Å². The summed E-state index contributed by atoms with van der Waals surface area (Å²) in [5.74, 6) is 0.879. The highest BCUT2D eigenvalue weighted by Crippen LogP contribution is 2.30. The number of methoxy groups -OCH3 is 2. The Balaban J connectivity index is 2.92. The maximum atomic E-state index is 11.9. The number of ether oxygens (including phenoxy) is 3. The molecule has 0 fully saturated rings. The van der Waals surface area contributed by atoms with E-state index in [9.17, 15) is 4.79 Å². The summed E-state index contributed by atoms with van der Waals surface area (Å²) in [4.78, 5) is 11.9. The van der Waals surface area contributed by atoms with Crippen molar-refractivity contribution in [2.75, 3.05) is 20.8 Å². The zero-order valence-electron chi connectivity index (χ0n) is 10.6. The van der Waals surface area contributed by atoms with Crippen LogP contribution in [0.5, 0.6) is 11.5 Å². The van der Waals surface area contributed by atoms with Crippen LogP contribution in [0.1, 0.15) is 24.2 Å². The Hall–Kier alpha value is -1.55. The first-order valence-corrected chi connectivity index (χ1v) is 5.46. The van der Waals surface area contributed by atoms with Crippen molar-refractivity contribution in [2.45, 2.75) is 20.0 Å². The molecule has 1 aromatic rings. The second-order valence-electron chi connectivity index (χ2n) is 3.82. The van der Waals surface area contributed by atoms with Crippen molar-refractivity contribution in [3.05, 3.63) is 23.8 Å². The van der Waals surface area contributed by atoms with Gasteiger partial charge in [-0.05, 0) is 26.0 Å². The first kappa shape index (κ1) is 13.5. The van der Waals surface area contributed by atoms with Gasteiger partial charge in [-0.15, -0.1) is 0 Å². The Morgan fingerprint density at radius 2 is 1.94 bits per heavy atom. The number of ketones is 1. The van der Waals surface area contributed by atoms with Crippen molar-refractivity contribution in [1.29, 1.82) is 0 Å². The molecule has 0 saturated carbocycles. The van der Waals surface area contributed by atoms with Gasteiger partial charge in [0.2, 0.25) is 0 Å². The third-order valence-electron chi connectivity index (χ3n) is 2.25. The zero-order chi connectivity index (χ0) is 12.8. The molecule has 94 valence electrons. The van der Waals surface area contributed by atoms with E-state index in [1.165, 1.54) is 14.2 Å². The first-order chi connectivity index (χ1) is 8.10. The van der Waals surface area contributed by atoms with E-state index < -0.39 is 0 Å². The second kappa shape index (κ2) is 6.25. The summed E-state index contributed by atoms with van der Waals surface area (Å²) in [6.07, 6.45) is 0.0237. The topological polar surface area (TPSA) is 44.8 Å². The number of carbonyl (C=O) groups is 1. The molecule has 0 aliphatic heterocycles. The van der Waals surface area contributed by atoms with Crippen LogP contribution in [0.3, 0.4) is 0 Å². The highest BCUT2D eigenvalue weighted by atomic mass is 16.5. The standard InChI is InChI=1S/C13H18O4/c1-9(2)17-8-11(14)10-6-5-7-12(15-3)13(10)16-4/h5-7,9H,8H2,1-4H3. The monoisotopic (exact) mass is 238 g/mol. The molecular weight excluding hydrogens is 220 g/mol. The molecule has 0 N–H and O–H groups in total. The van der Waals surface area contributed by atoms with Crippen LogP contribution in [-0.2, 0) is 4.74 Å². The Morgan fingerprint density at radius 3 is 2.47 bits per heavy atom. The second-order valence-corrected chi connectivity index (χ2v) is 3.82. The van der Waals surface area contributed by atoms with Crippen LogP contribution in [0.15, 0.2) is 18.2 Å². The third-order valence-corrected chi connectivity index (χ3v) is 2.25. The molecule has 0 unspecified atom stereocenters. The maximum absolute atomic E-state index is 11.9. The Morgan fingerprint density at radius 1 is 1.24 bits per heavy atom. The quantitative estimate of drug-likeness (QED) is 0.713. The lowest BCUT2D eigenvalue weighted by Crippen LogP contribution is -2.14. The van der Waals surface area contributed by atoms with Crippen LogP contribution in [-0.4, -0.2) is 32.7 Å². The van der Waals surface area contributed by atoms with Gasteiger partial charge in [0, 0.05) is 0 Å². The molecule has 0 spiro atoms. The van der Waals surface area contributed by atoms with Crippen molar-refractivity contribution < 1.29 is 19.0 Å². The van der Waals surface area contributed by atoms with Gasteiger partial charge in [0.25, 0.3) is 0 Å². The molecule has 4 heteroatoms. The summed E-state index contributed by atoms with van der Waals surface area (Å²) in [6.45, 7) is 3.81. The summed E-state index contributed by atoms with van der Waals surface area (Å²) in [6, 6.07) is 5.20. The number of Topliss-reactive ketones (excluding diaryl/α,β-unsaturated/α-hetero) is 1. The first-order valence-electron chi connectivity index (χ1n) is 5.46. The SMILES string of the molecule is COc1cccc(C(=O)COC(C)C)c1OC. The summed E-state index contributed by atoms with van der Waals surface area (Å²) in [5.41, 5.74) is 0.479. The molecule has 0 atom stereocenters. The largest absolute Gasteiger partial charge is 0.493 e. The average Bonchev–Trinajstić information content (AvgIpc) is 2.34. The number of para-hydroxylation sites is 1. The maximum Gasteiger partial charge on any atom is 0.192 e. The van der Waals surface area contributed by atoms with E-state index in [-0.39, 0.29) is 18.5 Å². The minimum Gasteiger partial charge on any atom is -0.493 e. The predicted octanol–water partition coefficient (Wildman–Crippen LogP) is 2.31. The summed E-state index contributed by atoms with van der Waals surface area (Å²) < 4.78 is 15.6. The minimum atomic E-state index is -0.116.